The topological polar surface area (TPSA) is 68.7 Å². The third kappa shape index (κ3) is 5.74. The normalized spacial score (nSPS) is 26.3. The lowest BCUT2D eigenvalue weighted by Crippen LogP contribution is -2.55. The number of aliphatic hydroxyl groups excluding tert-OH is 1. The van der Waals surface area contributed by atoms with E-state index in [0.29, 0.717) is 13.1 Å². The summed E-state index contributed by atoms with van der Waals surface area (Å²) in [4.78, 5) is 21.3. The van der Waals surface area contributed by atoms with Crippen LogP contribution in [0.25, 0.3) is 0 Å². The smallest absolute Gasteiger partial charge is 0.234 e. The number of carbonyl (C=O) groups is 1. The van der Waals surface area contributed by atoms with Gasteiger partial charge in [-0.3, -0.25) is 14.6 Å². The van der Waals surface area contributed by atoms with Crippen molar-refractivity contribution in [2.75, 3.05) is 32.7 Å². The molecule has 2 aliphatic rings. The maximum Gasteiger partial charge on any atom is 0.234 e. The van der Waals surface area contributed by atoms with Gasteiger partial charge in [-0.05, 0) is 39.3 Å². The maximum absolute atomic E-state index is 12.3. The molecule has 7 heteroatoms. The zero-order chi connectivity index (χ0) is 17.6. The minimum absolute atomic E-state index is 0.0505. The highest BCUT2D eigenvalue weighted by Gasteiger charge is 2.29. The lowest BCUT2D eigenvalue weighted by Gasteiger charge is -2.36. The second-order valence-corrected chi connectivity index (χ2v) is 8.38. The second kappa shape index (κ2) is 9.07. The highest BCUT2D eigenvalue weighted by molar-refractivity contribution is 7.09. The van der Waals surface area contributed by atoms with Crippen LogP contribution >= 0.6 is 11.3 Å². The number of aryl methyl sites for hydroxylation is 1. The Balaban J connectivity index is 1.42. The van der Waals surface area contributed by atoms with Crippen LogP contribution in [0.3, 0.4) is 0 Å². The van der Waals surface area contributed by atoms with Crippen LogP contribution < -0.4 is 5.32 Å². The first-order chi connectivity index (χ1) is 12.1. The number of nitrogens with zero attached hydrogens (tertiary/aromatic N) is 3. The van der Waals surface area contributed by atoms with Gasteiger partial charge in [-0.25, -0.2) is 4.98 Å². The van der Waals surface area contributed by atoms with Gasteiger partial charge in [0.25, 0.3) is 0 Å². The number of β-amino-alcohol motifs (C(OH)–C–C–N with tert-alkyl or cyclic N) is 1. The van der Waals surface area contributed by atoms with Crippen LogP contribution in [0.5, 0.6) is 0 Å². The molecule has 1 aromatic heterocycles. The molecule has 2 saturated heterocycles. The zero-order valence-corrected chi connectivity index (χ0v) is 15.9. The lowest BCUT2D eigenvalue weighted by molar-refractivity contribution is -0.124. The van der Waals surface area contributed by atoms with E-state index in [1.165, 1.54) is 25.7 Å². The van der Waals surface area contributed by atoms with Crippen LogP contribution in [0.15, 0.2) is 5.38 Å². The first-order valence-corrected chi connectivity index (χ1v) is 10.3. The molecule has 0 radical (unpaired) electrons. The van der Waals surface area contributed by atoms with Gasteiger partial charge in [-0.15, -0.1) is 11.3 Å². The molecule has 3 heterocycles. The van der Waals surface area contributed by atoms with Crippen LogP contribution in [0.4, 0.5) is 0 Å². The number of aromatic nitrogens is 1. The molecular weight excluding hydrogens is 336 g/mol. The number of hydrogen-bond donors (Lipinski definition) is 2. The molecule has 2 aliphatic heterocycles. The number of thiazole rings is 1. The Kier molecular flexibility index (Phi) is 6.81. The predicted octanol–water partition coefficient (Wildman–Crippen LogP) is 1.38. The van der Waals surface area contributed by atoms with Gasteiger partial charge in [0, 0.05) is 25.0 Å². The van der Waals surface area contributed by atoms with E-state index in [1.807, 2.05) is 6.92 Å². The number of likely N-dealkylation sites (tertiary alicyclic amines) is 2. The van der Waals surface area contributed by atoms with E-state index in [2.05, 4.69) is 25.5 Å². The molecule has 2 N–H and O–H groups in total. The standard InChI is InChI=1S/C18H30N4O2S/c1-14-19-15(13-25-14)10-22-9-6-16(17(23)11-22)20-18(24)12-21-7-4-2-3-5-8-21/h13,16-17,23H,2-12H2,1H3,(H,20,24)/t16-,17-/m1/s1. The van der Waals surface area contributed by atoms with Crippen LogP contribution in [0.2, 0.25) is 0 Å². The molecule has 1 amide bonds. The van der Waals surface area contributed by atoms with E-state index in [9.17, 15) is 9.90 Å². The Bertz CT molecular complexity index is 557. The number of rotatable bonds is 5. The van der Waals surface area contributed by atoms with Gasteiger partial charge in [0.15, 0.2) is 0 Å². The summed E-state index contributed by atoms with van der Waals surface area (Å²) < 4.78 is 0. The number of piperidine rings is 1. The molecule has 2 fully saturated rings. The average Bonchev–Trinajstić information content (AvgIpc) is 2.82. The van der Waals surface area contributed by atoms with Gasteiger partial charge in [-0.2, -0.15) is 0 Å². The van der Waals surface area contributed by atoms with Crippen LogP contribution in [0.1, 0.15) is 42.8 Å². The van der Waals surface area contributed by atoms with Crippen molar-refractivity contribution in [3.8, 4) is 0 Å². The van der Waals surface area contributed by atoms with Crippen molar-refractivity contribution in [3.05, 3.63) is 16.1 Å². The molecule has 1 aromatic rings. The molecule has 2 atom stereocenters. The average molecular weight is 367 g/mol. The molecule has 6 nitrogen and oxygen atoms in total. The molecule has 0 saturated carbocycles. The molecule has 25 heavy (non-hydrogen) atoms. The Hall–Kier alpha value is -1.02. The predicted molar refractivity (Wildman–Crippen MR) is 99.6 cm³/mol. The summed E-state index contributed by atoms with van der Waals surface area (Å²) in [5, 5.41) is 16.6. The van der Waals surface area contributed by atoms with Gasteiger partial charge >= 0.3 is 0 Å². The third-order valence-electron chi connectivity index (χ3n) is 5.13. The summed E-state index contributed by atoms with van der Waals surface area (Å²) in [7, 11) is 0. The van der Waals surface area contributed by atoms with Gasteiger partial charge in [0.05, 0.1) is 29.4 Å². The van der Waals surface area contributed by atoms with Crippen molar-refractivity contribution >= 4 is 17.2 Å². The monoisotopic (exact) mass is 366 g/mol. The van der Waals surface area contributed by atoms with Crippen LogP contribution in [-0.4, -0.2) is 70.7 Å². The molecule has 0 unspecified atom stereocenters. The fraction of sp³-hybridized carbons (Fsp3) is 0.778. The van der Waals surface area contributed by atoms with E-state index >= 15 is 0 Å². The molecule has 0 bridgehead atoms. The number of amides is 1. The summed E-state index contributed by atoms with van der Waals surface area (Å²) in [6.45, 7) is 6.74. The zero-order valence-electron chi connectivity index (χ0n) is 15.1. The quantitative estimate of drug-likeness (QED) is 0.824. The number of hydrogen-bond acceptors (Lipinski definition) is 6. The van der Waals surface area contributed by atoms with Crippen LogP contribution in [0, 0.1) is 6.92 Å². The minimum atomic E-state index is -0.512. The van der Waals surface area contributed by atoms with E-state index in [-0.39, 0.29) is 11.9 Å². The summed E-state index contributed by atoms with van der Waals surface area (Å²) >= 11 is 1.66. The number of aliphatic hydroxyl groups is 1. The van der Waals surface area contributed by atoms with Gasteiger partial charge in [0.1, 0.15) is 0 Å². The molecule has 0 aromatic carbocycles. The summed E-state index contributed by atoms with van der Waals surface area (Å²) in [6, 6.07) is -0.132. The van der Waals surface area contributed by atoms with Crippen LogP contribution in [-0.2, 0) is 11.3 Å². The fourth-order valence-corrected chi connectivity index (χ4v) is 4.37. The van der Waals surface area contributed by atoms with E-state index in [1.54, 1.807) is 11.3 Å². The van der Waals surface area contributed by atoms with Crippen molar-refractivity contribution in [3.63, 3.8) is 0 Å². The molecular formula is C18H30N4O2S. The lowest BCUT2D eigenvalue weighted by atomic mass is 10.0. The van der Waals surface area contributed by atoms with Crippen molar-refractivity contribution in [1.82, 2.24) is 20.1 Å². The maximum atomic E-state index is 12.3. The highest BCUT2D eigenvalue weighted by atomic mass is 32.1. The van der Waals surface area contributed by atoms with E-state index in [0.717, 1.165) is 43.3 Å². The van der Waals surface area contributed by atoms with Crippen molar-refractivity contribution in [1.29, 1.82) is 0 Å². The molecule has 0 spiro atoms. The first-order valence-electron chi connectivity index (χ1n) is 9.43. The Morgan fingerprint density at radius 3 is 2.68 bits per heavy atom. The fourth-order valence-electron chi connectivity index (χ4n) is 3.77. The van der Waals surface area contributed by atoms with E-state index in [4.69, 9.17) is 0 Å². The summed E-state index contributed by atoms with van der Waals surface area (Å²) in [6.07, 6.45) is 5.19. The highest BCUT2D eigenvalue weighted by Crippen LogP contribution is 2.16. The van der Waals surface area contributed by atoms with E-state index < -0.39 is 6.10 Å². The first kappa shape index (κ1) is 18.8. The van der Waals surface area contributed by atoms with Gasteiger partial charge < -0.3 is 10.4 Å². The van der Waals surface area contributed by atoms with Crippen molar-refractivity contribution < 1.29 is 9.90 Å². The second-order valence-electron chi connectivity index (χ2n) is 7.31. The Labute approximate surface area is 154 Å². The van der Waals surface area contributed by atoms with Crippen molar-refractivity contribution in [2.24, 2.45) is 0 Å². The SMILES string of the molecule is Cc1nc(CN2CC[C@@H](NC(=O)CN3CCCCCC3)[C@H](O)C2)cs1. The molecule has 3 rings (SSSR count). The summed E-state index contributed by atoms with van der Waals surface area (Å²) in [5.41, 5.74) is 1.07. The Morgan fingerprint density at radius 2 is 2.04 bits per heavy atom. The molecule has 0 aliphatic carbocycles. The minimum Gasteiger partial charge on any atom is -0.390 e. The van der Waals surface area contributed by atoms with Gasteiger partial charge in [-0.1, -0.05) is 12.8 Å². The number of nitrogens with one attached hydrogen (secondary N) is 1. The Morgan fingerprint density at radius 1 is 1.28 bits per heavy atom. The largest absolute Gasteiger partial charge is 0.390 e. The number of carbonyl (C=O) groups excluding carboxylic acids is 1. The van der Waals surface area contributed by atoms with Crippen molar-refractivity contribution in [2.45, 2.75) is 57.7 Å². The third-order valence-corrected chi connectivity index (χ3v) is 5.95. The molecule has 140 valence electrons. The van der Waals surface area contributed by atoms with Gasteiger partial charge in [0.2, 0.25) is 5.91 Å². The summed E-state index contributed by atoms with van der Waals surface area (Å²) in [5.74, 6) is 0.0505.